The van der Waals surface area contributed by atoms with Crippen molar-refractivity contribution in [3.63, 3.8) is 0 Å². The third-order valence-electron chi connectivity index (χ3n) is 5.20. The Kier molecular flexibility index (Phi) is 5.28. The van der Waals surface area contributed by atoms with Crippen molar-refractivity contribution in [2.75, 3.05) is 26.2 Å². The van der Waals surface area contributed by atoms with Crippen LogP contribution in [0, 0.1) is 5.41 Å². The summed E-state index contributed by atoms with van der Waals surface area (Å²) in [4.78, 5) is 54.9. The summed E-state index contributed by atoms with van der Waals surface area (Å²) in [6.45, 7) is 9.40. The van der Waals surface area contributed by atoms with Crippen LogP contribution in [-0.2, 0) is 9.59 Å². The minimum Gasteiger partial charge on any atom is -0.339 e. The Labute approximate surface area is 165 Å². The first-order valence-electron chi connectivity index (χ1n) is 9.63. The summed E-state index contributed by atoms with van der Waals surface area (Å²) >= 11 is 0. The Morgan fingerprint density at radius 2 is 1.39 bits per heavy atom. The van der Waals surface area contributed by atoms with Gasteiger partial charge in [-0.2, -0.15) is 0 Å². The molecular weight excluding hydrogens is 358 g/mol. The van der Waals surface area contributed by atoms with E-state index in [0.717, 1.165) is 4.90 Å². The number of rotatable bonds is 3. The van der Waals surface area contributed by atoms with Gasteiger partial charge in [0, 0.05) is 32.6 Å². The van der Waals surface area contributed by atoms with Crippen molar-refractivity contribution in [2.24, 2.45) is 5.41 Å². The van der Waals surface area contributed by atoms with Crippen LogP contribution in [0.15, 0.2) is 24.3 Å². The molecule has 2 heterocycles. The van der Waals surface area contributed by atoms with Crippen LogP contribution in [0.25, 0.3) is 0 Å². The molecule has 0 aliphatic carbocycles. The van der Waals surface area contributed by atoms with E-state index in [9.17, 15) is 19.2 Å². The number of hydrogen-bond acceptors (Lipinski definition) is 4. The van der Waals surface area contributed by atoms with Crippen LogP contribution in [0.4, 0.5) is 0 Å². The maximum Gasteiger partial charge on any atom is 0.262 e. The first-order chi connectivity index (χ1) is 13.1. The van der Waals surface area contributed by atoms with Crippen molar-refractivity contribution in [3.05, 3.63) is 35.4 Å². The predicted molar refractivity (Wildman–Crippen MR) is 104 cm³/mol. The quantitative estimate of drug-likeness (QED) is 0.743. The summed E-state index contributed by atoms with van der Waals surface area (Å²) in [6, 6.07) is 5.74. The van der Waals surface area contributed by atoms with Gasteiger partial charge >= 0.3 is 0 Å². The van der Waals surface area contributed by atoms with Gasteiger partial charge in [-0.25, -0.2) is 0 Å². The van der Waals surface area contributed by atoms with Crippen LogP contribution in [0.2, 0.25) is 0 Å². The minimum atomic E-state index is -0.871. The number of carbonyl (C=O) groups is 4. The number of fused-ring (bicyclic) bond motifs is 1. The lowest BCUT2D eigenvalue weighted by Gasteiger charge is -2.37. The molecule has 1 atom stereocenters. The lowest BCUT2D eigenvalue weighted by atomic mass is 9.91. The van der Waals surface area contributed by atoms with E-state index in [1.807, 2.05) is 20.8 Å². The number of amides is 4. The second-order valence-corrected chi connectivity index (χ2v) is 8.65. The van der Waals surface area contributed by atoms with Gasteiger partial charge in [0.2, 0.25) is 11.8 Å². The molecule has 0 saturated carbocycles. The molecule has 0 aromatic heterocycles. The maximum absolute atomic E-state index is 12.9. The first kappa shape index (κ1) is 20.0. The number of carbonyl (C=O) groups excluding carboxylic acids is 4. The molecule has 28 heavy (non-hydrogen) atoms. The van der Waals surface area contributed by atoms with Crippen molar-refractivity contribution in [1.82, 2.24) is 14.7 Å². The van der Waals surface area contributed by atoms with Gasteiger partial charge < -0.3 is 9.80 Å². The largest absolute Gasteiger partial charge is 0.339 e. The van der Waals surface area contributed by atoms with E-state index in [-0.39, 0.29) is 17.2 Å². The predicted octanol–water partition coefficient (Wildman–Crippen LogP) is 1.78. The van der Waals surface area contributed by atoms with E-state index in [4.69, 9.17) is 0 Å². The van der Waals surface area contributed by atoms with E-state index in [1.54, 1.807) is 41.0 Å². The SMILES string of the molecule is CC(C(=O)N1CCN(C(=O)CC(C)(C)C)CC1)N1C(=O)c2ccccc2C1=O. The number of imide groups is 1. The molecule has 0 bridgehead atoms. The van der Waals surface area contributed by atoms with Crippen LogP contribution in [0.5, 0.6) is 0 Å². The molecule has 2 aliphatic heterocycles. The number of nitrogens with zero attached hydrogens (tertiary/aromatic N) is 3. The second kappa shape index (κ2) is 7.37. The zero-order valence-corrected chi connectivity index (χ0v) is 16.9. The Balaban J connectivity index is 1.62. The summed E-state index contributed by atoms with van der Waals surface area (Å²) in [5.74, 6) is -1.04. The molecular formula is C21H27N3O4. The molecule has 0 spiro atoms. The Bertz CT molecular complexity index is 784. The molecule has 1 saturated heterocycles. The highest BCUT2D eigenvalue weighted by molar-refractivity contribution is 6.22. The molecule has 0 N–H and O–H groups in total. The van der Waals surface area contributed by atoms with Crippen LogP contribution in [-0.4, -0.2) is 70.5 Å². The van der Waals surface area contributed by atoms with Gasteiger partial charge in [-0.3, -0.25) is 24.1 Å². The molecule has 2 aliphatic rings. The monoisotopic (exact) mass is 385 g/mol. The summed E-state index contributed by atoms with van der Waals surface area (Å²) in [5, 5.41) is 0. The summed E-state index contributed by atoms with van der Waals surface area (Å²) < 4.78 is 0. The fourth-order valence-electron chi connectivity index (χ4n) is 3.68. The molecule has 1 aromatic rings. The first-order valence-corrected chi connectivity index (χ1v) is 9.63. The van der Waals surface area contributed by atoms with Gasteiger partial charge in [-0.15, -0.1) is 0 Å². The van der Waals surface area contributed by atoms with Crippen LogP contribution in [0.1, 0.15) is 54.8 Å². The molecule has 1 unspecified atom stereocenters. The Hall–Kier alpha value is -2.70. The van der Waals surface area contributed by atoms with Gasteiger partial charge in [0.1, 0.15) is 6.04 Å². The molecule has 1 fully saturated rings. The van der Waals surface area contributed by atoms with E-state index in [0.29, 0.717) is 43.7 Å². The minimum absolute atomic E-state index is 0.0793. The maximum atomic E-state index is 12.9. The van der Waals surface area contributed by atoms with Crippen LogP contribution >= 0.6 is 0 Å². The molecule has 3 rings (SSSR count). The van der Waals surface area contributed by atoms with Crippen molar-refractivity contribution in [2.45, 2.75) is 40.2 Å². The van der Waals surface area contributed by atoms with Gasteiger partial charge in [0.05, 0.1) is 11.1 Å². The Morgan fingerprint density at radius 1 is 0.929 bits per heavy atom. The van der Waals surface area contributed by atoms with E-state index in [2.05, 4.69) is 0 Å². The van der Waals surface area contributed by atoms with Crippen LogP contribution < -0.4 is 0 Å². The van der Waals surface area contributed by atoms with Crippen molar-refractivity contribution >= 4 is 23.6 Å². The van der Waals surface area contributed by atoms with Gasteiger partial charge in [0.25, 0.3) is 11.8 Å². The van der Waals surface area contributed by atoms with Crippen molar-refractivity contribution < 1.29 is 19.2 Å². The van der Waals surface area contributed by atoms with Crippen molar-refractivity contribution in [3.8, 4) is 0 Å². The molecule has 7 nitrogen and oxygen atoms in total. The van der Waals surface area contributed by atoms with E-state index >= 15 is 0 Å². The topological polar surface area (TPSA) is 78.0 Å². The zero-order chi connectivity index (χ0) is 20.6. The highest BCUT2D eigenvalue weighted by Gasteiger charge is 2.42. The fourth-order valence-corrected chi connectivity index (χ4v) is 3.68. The summed E-state index contributed by atoms with van der Waals surface area (Å²) in [6.07, 6.45) is 0.465. The summed E-state index contributed by atoms with van der Waals surface area (Å²) in [7, 11) is 0. The third kappa shape index (κ3) is 3.79. The molecule has 1 aromatic carbocycles. The normalized spacial score (nSPS) is 18.4. The zero-order valence-electron chi connectivity index (χ0n) is 16.9. The standard InChI is InChI=1S/C21H27N3O4/c1-14(24-19(27)15-7-5-6-8-16(15)20(24)28)18(26)23-11-9-22(10-12-23)17(25)13-21(2,3)4/h5-8,14H,9-13H2,1-4H3. The van der Waals surface area contributed by atoms with Gasteiger partial charge in [-0.05, 0) is 24.5 Å². The average molecular weight is 385 g/mol. The van der Waals surface area contributed by atoms with Crippen LogP contribution in [0.3, 0.4) is 0 Å². The molecule has 0 radical (unpaired) electrons. The van der Waals surface area contributed by atoms with Crippen molar-refractivity contribution in [1.29, 1.82) is 0 Å². The second-order valence-electron chi connectivity index (χ2n) is 8.65. The molecule has 7 heteroatoms. The lowest BCUT2D eigenvalue weighted by molar-refractivity contribution is -0.142. The lowest BCUT2D eigenvalue weighted by Crippen LogP contribution is -2.56. The van der Waals surface area contributed by atoms with E-state index < -0.39 is 17.9 Å². The molecule has 4 amide bonds. The Morgan fingerprint density at radius 3 is 1.86 bits per heavy atom. The third-order valence-corrected chi connectivity index (χ3v) is 5.20. The highest BCUT2D eigenvalue weighted by atomic mass is 16.2. The smallest absolute Gasteiger partial charge is 0.262 e. The molecule has 150 valence electrons. The highest BCUT2D eigenvalue weighted by Crippen LogP contribution is 2.25. The number of piperazine rings is 1. The summed E-state index contributed by atoms with van der Waals surface area (Å²) in [5.41, 5.74) is 0.596. The number of hydrogen-bond donors (Lipinski definition) is 0. The average Bonchev–Trinajstić information content (AvgIpc) is 2.90. The van der Waals surface area contributed by atoms with E-state index in [1.165, 1.54) is 0 Å². The number of benzene rings is 1. The van der Waals surface area contributed by atoms with Gasteiger partial charge in [-0.1, -0.05) is 32.9 Å². The van der Waals surface area contributed by atoms with Gasteiger partial charge in [0.15, 0.2) is 0 Å². The fraction of sp³-hybridized carbons (Fsp3) is 0.524.